The number of benzene rings is 7. The molecule has 0 radical (unpaired) electrons. The summed E-state index contributed by atoms with van der Waals surface area (Å²) in [6.45, 7) is 0. The fraction of sp³-hybridized carbons (Fsp3) is 0. The average molecular weight is 618 g/mol. The molecule has 3 aromatic heterocycles. The molecule has 0 unspecified atom stereocenters. The summed E-state index contributed by atoms with van der Waals surface area (Å²) in [5.41, 5.74) is 10.6. The summed E-state index contributed by atoms with van der Waals surface area (Å²) >= 11 is 0. The van der Waals surface area contributed by atoms with Gasteiger partial charge in [0, 0.05) is 50.5 Å². The number of para-hydroxylation sites is 3. The van der Waals surface area contributed by atoms with E-state index >= 15 is 0 Å². The maximum absolute atomic E-state index is 6.51. The van der Waals surface area contributed by atoms with Gasteiger partial charge in [-0.05, 0) is 78.9 Å². The van der Waals surface area contributed by atoms with Crippen molar-refractivity contribution in [2.24, 2.45) is 0 Å². The molecule has 0 amide bonds. The lowest BCUT2D eigenvalue weighted by atomic mass is 10.1. The normalized spacial score (nSPS) is 11.8. The van der Waals surface area contributed by atoms with Gasteiger partial charge < -0.3 is 18.3 Å². The van der Waals surface area contributed by atoms with E-state index in [4.69, 9.17) is 13.8 Å². The molecule has 0 saturated carbocycles. The van der Waals surface area contributed by atoms with Gasteiger partial charge >= 0.3 is 0 Å². The lowest BCUT2D eigenvalue weighted by molar-refractivity contribution is 0.619. The maximum atomic E-state index is 6.51. The van der Waals surface area contributed by atoms with Gasteiger partial charge in [-0.25, -0.2) is 4.98 Å². The lowest BCUT2D eigenvalue weighted by Gasteiger charge is -2.25. The molecule has 10 rings (SSSR count). The number of oxazole rings is 1. The van der Waals surface area contributed by atoms with Crippen molar-refractivity contribution < 1.29 is 8.83 Å². The van der Waals surface area contributed by atoms with Crippen LogP contribution in [-0.2, 0) is 0 Å². The molecule has 3 heterocycles. The van der Waals surface area contributed by atoms with Gasteiger partial charge in [-0.3, -0.25) is 0 Å². The molecule has 5 nitrogen and oxygen atoms in total. The van der Waals surface area contributed by atoms with E-state index in [0.717, 1.165) is 66.9 Å². The van der Waals surface area contributed by atoms with Crippen LogP contribution in [0.15, 0.2) is 173 Å². The Labute approximate surface area is 275 Å². The second kappa shape index (κ2) is 10.5. The predicted molar refractivity (Wildman–Crippen MR) is 196 cm³/mol. The van der Waals surface area contributed by atoms with Crippen molar-refractivity contribution in [3.8, 4) is 17.1 Å². The Balaban J connectivity index is 1.17. The zero-order chi connectivity index (χ0) is 31.6. The van der Waals surface area contributed by atoms with Crippen LogP contribution < -0.4 is 4.90 Å². The number of furan rings is 1. The summed E-state index contributed by atoms with van der Waals surface area (Å²) in [5, 5.41) is 4.40. The summed E-state index contributed by atoms with van der Waals surface area (Å²) in [6, 6.07) is 56.8. The number of nitrogens with zero attached hydrogens (tertiary/aromatic N) is 3. The third-order valence-electron chi connectivity index (χ3n) is 9.20. The van der Waals surface area contributed by atoms with Crippen LogP contribution in [0.4, 0.5) is 17.1 Å². The van der Waals surface area contributed by atoms with E-state index in [9.17, 15) is 0 Å². The first kappa shape index (κ1) is 26.6. The largest absolute Gasteiger partial charge is 0.456 e. The van der Waals surface area contributed by atoms with Gasteiger partial charge in [0.05, 0.1) is 16.4 Å². The predicted octanol–water partition coefficient (Wildman–Crippen LogP) is 12.0. The minimum atomic E-state index is 0.600. The summed E-state index contributed by atoms with van der Waals surface area (Å²) in [4.78, 5) is 7.22. The van der Waals surface area contributed by atoms with Crippen LogP contribution in [0.5, 0.6) is 0 Å². The van der Waals surface area contributed by atoms with Crippen LogP contribution in [0.1, 0.15) is 0 Å². The molecule has 0 N–H and O–H groups in total. The second-order valence-corrected chi connectivity index (χ2v) is 12.0. The van der Waals surface area contributed by atoms with Crippen molar-refractivity contribution in [1.29, 1.82) is 0 Å². The highest BCUT2D eigenvalue weighted by molar-refractivity contribution is 6.17. The Bertz CT molecular complexity index is 2780. The summed E-state index contributed by atoms with van der Waals surface area (Å²) in [5.74, 6) is 0.600. The van der Waals surface area contributed by atoms with E-state index in [0.29, 0.717) is 5.89 Å². The number of anilines is 3. The molecule has 7 aromatic carbocycles. The molecule has 0 bridgehead atoms. The third-order valence-corrected chi connectivity index (χ3v) is 9.20. The Morgan fingerprint density at radius 1 is 0.458 bits per heavy atom. The van der Waals surface area contributed by atoms with E-state index < -0.39 is 0 Å². The first-order valence-electron chi connectivity index (χ1n) is 16.1. The minimum Gasteiger partial charge on any atom is -0.456 e. The molecular formula is C43H27N3O2. The second-order valence-electron chi connectivity index (χ2n) is 12.0. The molecule has 226 valence electrons. The third kappa shape index (κ3) is 4.08. The fourth-order valence-corrected chi connectivity index (χ4v) is 7.06. The summed E-state index contributed by atoms with van der Waals surface area (Å²) in [7, 11) is 0. The number of hydrogen-bond acceptors (Lipinski definition) is 4. The lowest BCUT2D eigenvalue weighted by Crippen LogP contribution is -2.09. The monoisotopic (exact) mass is 617 g/mol. The van der Waals surface area contributed by atoms with Crippen LogP contribution in [-0.4, -0.2) is 9.55 Å². The number of hydrogen-bond donors (Lipinski definition) is 0. The molecule has 0 fully saturated rings. The molecule has 0 spiro atoms. The Morgan fingerprint density at radius 3 is 1.92 bits per heavy atom. The van der Waals surface area contributed by atoms with Crippen LogP contribution in [0.25, 0.3) is 72.0 Å². The zero-order valence-corrected chi connectivity index (χ0v) is 25.7. The first-order chi connectivity index (χ1) is 23.8. The van der Waals surface area contributed by atoms with Crippen molar-refractivity contribution in [3.63, 3.8) is 0 Å². The number of rotatable bonds is 5. The van der Waals surface area contributed by atoms with Gasteiger partial charge in [0.15, 0.2) is 5.58 Å². The standard InChI is InChI=1S/C43H27N3O2/c1-4-12-28(13-5-1)43-44-42-39(48-43)25-24-38-41(42)35-23-21-32(27-40(35)47-38)45(29-14-6-2-7-15-29)31-20-22-34-33-18-10-11-19-36(33)46(37(34)26-31)30-16-8-3-9-17-30/h1-27H. The van der Waals surface area contributed by atoms with Crippen LogP contribution in [0, 0.1) is 0 Å². The van der Waals surface area contributed by atoms with E-state index in [1.807, 2.05) is 48.5 Å². The average Bonchev–Trinajstić information content (AvgIpc) is 3.84. The van der Waals surface area contributed by atoms with Crippen molar-refractivity contribution in [1.82, 2.24) is 9.55 Å². The van der Waals surface area contributed by atoms with Gasteiger partial charge in [-0.15, -0.1) is 0 Å². The highest BCUT2D eigenvalue weighted by atomic mass is 16.4. The molecule has 5 heteroatoms. The van der Waals surface area contributed by atoms with Gasteiger partial charge in [-0.2, -0.15) is 0 Å². The van der Waals surface area contributed by atoms with E-state index in [-0.39, 0.29) is 0 Å². The Kier molecular flexibility index (Phi) is 5.81. The quantitative estimate of drug-likeness (QED) is 0.193. The molecule has 48 heavy (non-hydrogen) atoms. The van der Waals surface area contributed by atoms with Crippen LogP contribution in [0.2, 0.25) is 0 Å². The Morgan fingerprint density at radius 2 is 1.10 bits per heavy atom. The van der Waals surface area contributed by atoms with Crippen molar-refractivity contribution >= 4 is 71.9 Å². The minimum absolute atomic E-state index is 0.600. The smallest absolute Gasteiger partial charge is 0.227 e. The van der Waals surface area contributed by atoms with E-state index in [1.165, 1.54) is 16.3 Å². The van der Waals surface area contributed by atoms with Crippen molar-refractivity contribution in [2.45, 2.75) is 0 Å². The van der Waals surface area contributed by atoms with Crippen LogP contribution in [0.3, 0.4) is 0 Å². The van der Waals surface area contributed by atoms with Gasteiger partial charge in [-0.1, -0.05) is 78.9 Å². The first-order valence-corrected chi connectivity index (χ1v) is 16.1. The van der Waals surface area contributed by atoms with E-state index in [2.05, 4.69) is 125 Å². The summed E-state index contributed by atoms with van der Waals surface area (Å²) < 4.78 is 15.1. The zero-order valence-electron chi connectivity index (χ0n) is 25.7. The molecule has 0 saturated heterocycles. The SMILES string of the molecule is c1ccc(-c2nc3c(ccc4oc5cc(N(c6ccccc6)c6ccc7c8ccccc8n(-c8ccccc8)c7c6)ccc5c43)o2)cc1. The number of fused-ring (bicyclic) bond motifs is 8. The van der Waals surface area contributed by atoms with Gasteiger partial charge in [0.1, 0.15) is 16.7 Å². The number of aromatic nitrogens is 2. The maximum Gasteiger partial charge on any atom is 0.227 e. The van der Waals surface area contributed by atoms with E-state index in [1.54, 1.807) is 0 Å². The summed E-state index contributed by atoms with van der Waals surface area (Å²) in [6.07, 6.45) is 0. The van der Waals surface area contributed by atoms with Gasteiger partial charge in [0.2, 0.25) is 5.89 Å². The Hall–Kier alpha value is -6.59. The highest BCUT2D eigenvalue weighted by Gasteiger charge is 2.20. The molecule has 0 aliphatic rings. The molecule has 0 aliphatic heterocycles. The molecule has 0 aliphatic carbocycles. The van der Waals surface area contributed by atoms with Crippen LogP contribution >= 0.6 is 0 Å². The molecule has 0 atom stereocenters. The van der Waals surface area contributed by atoms with Crippen molar-refractivity contribution in [3.05, 3.63) is 164 Å². The van der Waals surface area contributed by atoms with Crippen molar-refractivity contribution in [2.75, 3.05) is 4.90 Å². The molecular weight excluding hydrogens is 590 g/mol. The van der Waals surface area contributed by atoms with Gasteiger partial charge in [0.25, 0.3) is 0 Å². The molecule has 10 aromatic rings. The topological polar surface area (TPSA) is 47.3 Å². The fourth-order valence-electron chi connectivity index (χ4n) is 7.06. The highest BCUT2D eigenvalue weighted by Crippen LogP contribution is 2.42.